The second kappa shape index (κ2) is 3.71. The van der Waals surface area contributed by atoms with Crippen LogP contribution in [-0.2, 0) is 0 Å². The van der Waals surface area contributed by atoms with Crippen LogP contribution in [-0.4, -0.2) is 35.1 Å². The van der Waals surface area contributed by atoms with E-state index < -0.39 is 0 Å². The fourth-order valence-corrected chi connectivity index (χ4v) is 1.60. The maximum atomic E-state index is 9.91. The van der Waals surface area contributed by atoms with Gasteiger partial charge in [0, 0.05) is 0 Å². The van der Waals surface area contributed by atoms with Crippen molar-refractivity contribution in [3.63, 3.8) is 0 Å². The van der Waals surface area contributed by atoms with Gasteiger partial charge in [-0.2, -0.15) is 0 Å². The number of para-hydroxylation sites is 1. The Balaban J connectivity index is 2.26. The minimum Gasteiger partial charge on any atom is -0.506 e. The molecule has 7 heteroatoms. The number of hydrogen-bond acceptors (Lipinski definition) is 5. The molecule has 0 fully saturated rings. The van der Waals surface area contributed by atoms with E-state index >= 15 is 0 Å². The maximum absolute atomic E-state index is 9.91. The van der Waals surface area contributed by atoms with Crippen molar-refractivity contribution in [3.8, 4) is 17.1 Å². The summed E-state index contributed by atoms with van der Waals surface area (Å²) >= 11 is 0. The van der Waals surface area contributed by atoms with Gasteiger partial charge in [-0.25, -0.2) is 9.36 Å². The molecule has 2 aromatic heterocycles. The molecule has 17 heavy (non-hydrogen) atoms. The lowest BCUT2D eigenvalue weighted by Crippen LogP contribution is -2.04. The van der Waals surface area contributed by atoms with Crippen molar-refractivity contribution in [3.05, 3.63) is 43.0 Å². The van der Waals surface area contributed by atoms with Crippen molar-refractivity contribution < 1.29 is 5.11 Å². The van der Waals surface area contributed by atoms with E-state index in [9.17, 15) is 5.11 Å². The van der Waals surface area contributed by atoms with E-state index in [0.717, 1.165) is 0 Å². The number of rotatable bonds is 2. The summed E-state index contributed by atoms with van der Waals surface area (Å²) in [5.41, 5.74) is 1.18. The Morgan fingerprint density at radius 3 is 2.29 bits per heavy atom. The highest BCUT2D eigenvalue weighted by atomic mass is 16.3. The van der Waals surface area contributed by atoms with Gasteiger partial charge in [-0.1, -0.05) is 16.5 Å². The average Bonchev–Trinajstić information content (AvgIpc) is 3.02. The van der Waals surface area contributed by atoms with Crippen LogP contribution in [0.5, 0.6) is 5.75 Å². The lowest BCUT2D eigenvalue weighted by molar-refractivity contribution is 0.469. The summed E-state index contributed by atoms with van der Waals surface area (Å²) < 4.78 is 3.03. The molecule has 0 radical (unpaired) electrons. The SMILES string of the molecule is Oc1cccc(-n2ccnn2)c1-n1ccnn1. The van der Waals surface area contributed by atoms with Crippen LogP contribution in [0.25, 0.3) is 11.4 Å². The molecule has 0 saturated carbocycles. The third-order valence-electron chi connectivity index (χ3n) is 2.31. The molecular formula is C10H8N6O. The van der Waals surface area contributed by atoms with Gasteiger partial charge in [-0.3, -0.25) is 0 Å². The molecule has 2 heterocycles. The Kier molecular flexibility index (Phi) is 2.08. The first kappa shape index (κ1) is 9.52. The molecular weight excluding hydrogens is 220 g/mol. The molecule has 0 saturated heterocycles. The molecule has 84 valence electrons. The second-order valence-electron chi connectivity index (χ2n) is 3.34. The predicted molar refractivity (Wildman–Crippen MR) is 57.9 cm³/mol. The molecule has 7 nitrogen and oxygen atoms in total. The number of aromatic hydroxyl groups is 1. The molecule has 0 aliphatic heterocycles. The highest BCUT2D eigenvalue weighted by molar-refractivity contribution is 5.59. The van der Waals surface area contributed by atoms with Gasteiger partial charge in [0.15, 0.2) is 0 Å². The summed E-state index contributed by atoms with van der Waals surface area (Å²) in [6, 6.07) is 5.12. The van der Waals surface area contributed by atoms with Crippen LogP contribution in [0.4, 0.5) is 0 Å². The number of phenolic OH excluding ortho intramolecular Hbond substituents is 1. The molecule has 3 rings (SSSR count). The predicted octanol–water partition coefficient (Wildman–Crippen LogP) is 0.554. The molecule has 0 aliphatic rings. The van der Waals surface area contributed by atoms with Crippen molar-refractivity contribution in [2.45, 2.75) is 0 Å². The van der Waals surface area contributed by atoms with E-state index in [4.69, 9.17) is 0 Å². The van der Waals surface area contributed by atoms with Crippen molar-refractivity contribution in [2.24, 2.45) is 0 Å². The van der Waals surface area contributed by atoms with Crippen molar-refractivity contribution in [1.29, 1.82) is 0 Å². The molecule has 0 spiro atoms. The summed E-state index contributed by atoms with van der Waals surface area (Å²) in [5.74, 6) is 0.100. The minimum atomic E-state index is 0.100. The summed E-state index contributed by atoms with van der Waals surface area (Å²) in [6.45, 7) is 0. The van der Waals surface area contributed by atoms with Gasteiger partial charge in [0.05, 0.1) is 30.5 Å². The van der Waals surface area contributed by atoms with Crippen LogP contribution < -0.4 is 0 Å². The lowest BCUT2D eigenvalue weighted by Gasteiger charge is -2.09. The van der Waals surface area contributed by atoms with Crippen LogP contribution in [0, 0.1) is 0 Å². The fraction of sp³-hybridized carbons (Fsp3) is 0. The second-order valence-corrected chi connectivity index (χ2v) is 3.34. The first-order valence-electron chi connectivity index (χ1n) is 4.91. The molecule has 0 atom stereocenters. The first-order valence-corrected chi connectivity index (χ1v) is 4.91. The molecule has 0 bridgehead atoms. The monoisotopic (exact) mass is 228 g/mol. The number of nitrogens with zero attached hydrogens (tertiary/aromatic N) is 6. The number of aromatic nitrogens is 6. The summed E-state index contributed by atoms with van der Waals surface area (Å²) in [7, 11) is 0. The van der Waals surface area contributed by atoms with Gasteiger partial charge in [-0.05, 0) is 12.1 Å². The molecule has 1 aromatic carbocycles. The smallest absolute Gasteiger partial charge is 0.143 e. The van der Waals surface area contributed by atoms with Gasteiger partial charge in [0.1, 0.15) is 11.4 Å². The quantitative estimate of drug-likeness (QED) is 0.692. The van der Waals surface area contributed by atoms with Gasteiger partial charge >= 0.3 is 0 Å². The van der Waals surface area contributed by atoms with Crippen LogP contribution >= 0.6 is 0 Å². The van der Waals surface area contributed by atoms with Crippen LogP contribution in [0.1, 0.15) is 0 Å². The number of phenols is 1. The number of benzene rings is 1. The topological polar surface area (TPSA) is 81.6 Å². The van der Waals surface area contributed by atoms with E-state index in [1.165, 1.54) is 10.9 Å². The molecule has 1 N–H and O–H groups in total. The van der Waals surface area contributed by atoms with Crippen molar-refractivity contribution >= 4 is 0 Å². The fourth-order valence-electron chi connectivity index (χ4n) is 1.60. The Morgan fingerprint density at radius 1 is 0.941 bits per heavy atom. The van der Waals surface area contributed by atoms with E-state index in [0.29, 0.717) is 11.4 Å². The summed E-state index contributed by atoms with van der Waals surface area (Å²) in [6.07, 6.45) is 6.44. The zero-order chi connectivity index (χ0) is 11.7. The van der Waals surface area contributed by atoms with Gasteiger partial charge in [-0.15, -0.1) is 10.2 Å². The number of hydrogen-bond donors (Lipinski definition) is 1. The van der Waals surface area contributed by atoms with Crippen LogP contribution in [0.2, 0.25) is 0 Å². The Bertz CT molecular complexity index is 616. The van der Waals surface area contributed by atoms with E-state index in [-0.39, 0.29) is 5.75 Å². The first-order chi connectivity index (χ1) is 8.36. The Morgan fingerprint density at radius 2 is 1.65 bits per heavy atom. The Labute approximate surface area is 95.9 Å². The lowest BCUT2D eigenvalue weighted by atomic mass is 10.2. The third-order valence-corrected chi connectivity index (χ3v) is 2.31. The van der Waals surface area contributed by atoms with Gasteiger partial charge in [0.25, 0.3) is 0 Å². The van der Waals surface area contributed by atoms with Crippen LogP contribution in [0.15, 0.2) is 43.0 Å². The van der Waals surface area contributed by atoms with E-state index in [1.807, 2.05) is 6.07 Å². The summed E-state index contributed by atoms with van der Waals surface area (Å²) in [4.78, 5) is 0. The zero-order valence-electron chi connectivity index (χ0n) is 8.67. The Hall–Kier alpha value is -2.70. The minimum absolute atomic E-state index is 0.100. The molecule has 0 unspecified atom stereocenters. The van der Waals surface area contributed by atoms with Crippen molar-refractivity contribution in [1.82, 2.24) is 30.0 Å². The maximum Gasteiger partial charge on any atom is 0.143 e. The normalized spacial score (nSPS) is 10.6. The molecule has 0 aliphatic carbocycles. The molecule has 0 amide bonds. The third kappa shape index (κ3) is 1.53. The van der Waals surface area contributed by atoms with E-state index in [1.54, 1.807) is 35.4 Å². The highest BCUT2D eigenvalue weighted by Crippen LogP contribution is 2.26. The standard InChI is InChI=1S/C10H8N6O/c17-9-3-1-2-8(15-6-4-11-13-15)10(9)16-7-5-12-14-16/h1-7,17H. The largest absolute Gasteiger partial charge is 0.506 e. The average molecular weight is 228 g/mol. The summed E-state index contributed by atoms with van der Waals surface area (Å²) in [5, 5.41) is 25.1. The van der Waals surface area contributed by atoms with Gasteiger partial charge < -0.3 is 5.11 Å². The van der Waals surface area contributed by atoms with E-state index in [2.05, 4.69) is 20.6 Å². The zero-order valence-corrected chi connectivity index (χ0v) is 8.67. The molecule has 3 aromatic rings. The van der Waals surface area contributed by atoms with Crippen LogP contribution in [0.3, 0.4) is 0 Å². The highest BCUT2D eigenvalue weighted by Gasteiger charge is 2.12. The van der Waals surface area contributed by atoms with Gasteiger partial charge in [0.2, 0.25) is 0 Å². The van der Waals surface area contributed by atoms with Crippen molar-refractivity contribution in [2.75, 3.05) is 0 Å².